The van der Waals surface area contributed by atoms with Gasteiger partial charge in [-0.3, -0.25) is 4.79 Å². The van der Waals surface area contributed by atoms with E-state index < -0.39 is 6.10 Å². The Kier molecular flexibility index (Phi) is 5.98. The lowest BCUT2D eigenvalue weighted by molar-refractivity contribution is -0.118. The van der Waals surface area contributed by atoms with E-state index in [2.05, 4.69) is 16.4 Å². The number of anilines is 1. The number of benzene rings is 1. The fraction of sp³-hybridized carbons (Fsp3) is 0.435. The van der Waals surface area contributed by atoms with Gasteiger partial charge in [0.15, 0.2) is 0 Å². The first-order chi connectivity index (χ1) is 14.5. The van der Waals surface area contributed by atoms with Gasteiger partial charge in [-0.25, -0.2) is 4.98 Å². The van der Waals surface area contributed by atoms with Crippen LogP contribution < -0.4 is 10.1 Å². The van der Waals surface area contributed by atoms with Gasteiger partial charge in [0.1, 0.15) is 23.7 Å². The summed E-state index contributed by atoms with van der Waals surface area (Å²) < 4.78 is 11.4. The van der Waals surface area contributed by atoms with Gasteiger partial charge < -0.3 is 19.9 Å². The van der Waals surface area contributed by atoms with E-state index in [4.69, 9.17) is 9.47 Å². The number of aliphatic hydroxyl groups excluding tert-OH is 1. The lowest BCUT2D eigenvalue weighted by Crippen LogP contribution is -2.26. The third-order valence-corrected chi connectivity index (χ3v) is 5.70. The molecule has 7 nitrogen and oxygen atoms in total. The Hall–Kier alpha value is -2.95. The summed E-state index contributed by atoms with van der Waals surface area (Å²) in [5, 5.41) is 22.0. The van der Waals surface area contributed by atoms with Crippen molar-refractivity contribution in [2.45, 2.75) is 38.4 Å². The Labute approximate surface area is 175 Å². The molecule has 1 aromatic heterocycles. The molecule has 1 unspecified atom stereocenters. The van der Waals surface area contributed by atoms with Gasteiger partial charge in [-0.1, -0.05) is 6.07 Å². The van der Waals surface area contributed by atoms with Crippen LogP contribution in [0.25, 0.3) is 11.1 Å². The Morgan fingerprint density at radius 1 is 1.30 bits per heavy atom. The van der Waals surface area contributed by atoms with E-state index >= 15 is 0 Å². The number of ether oxygens (including phenoxy) is 2. The summed E-state index contributed by atoms with van der Waals surface area (Å²) in [6, 6.07) is 11.3. The largest absolute Gasteiger partial charge is 0.489 e. The van der Waals surface area contributed by atoms with E-state index in [-0.39, 0.29) is 23.8 Å². The summed E-state index contributed by atoms with van der Waals surface area (Å²) in [6.45, 7) is 3.06. The van der Waals surface area contributed by atoms with Crippen molar-refractivity contribution < 1.29 is 19.4 Å². The quantitative estimate of drug-likeness (QED) is 0.762. The zero-order valence-corrected chi connectivity index (χ0v) is 16.9. The molecular formula is C23H25N3O4. The third kappa shape index (κ3) is 4.61. The van der Waals surface area contributed by atoms with Crippen molar-refractivity contribution in [2.75, 3.05) is 18.5 Å². The molecule has 2 fully saturated rings. The molecule has 2 N–H and O–H groups in total. The second-order valence-electron chi connectivity index (χ2n) is 7.92. The van der Waals surface area contributed by atoms with Crippen molar-refractivity contribution in [3.05, 3.63) is 42.1 Å². The molecule has 1 aliphatic heterocycles. The average Bonchev–Trinajstić information content (AvgIpc) is 3.56. The second-order valence-corrected chi connectivity index (χ2v) is 7.92. The maximum absolute atomic E-state index is 12.3. The number of nitrogens with one attached hydrogen (secondary N) is 1. The molecule has 7 heteroatoms. The van der Waals surface area contributed by atoms with Crippen molar-refractivity contribution in [1.82, 2.24) is 4.98 Å². The Balaban J connectivity index is 1.48. The summed E-state index contributed by atoms with van der Waals surface area (Å²) in [6.07, 6.45) is 3.54. The van der Waals surface area contributed by atoms with Crippen LogP contribution in [0.1, 0.15) is 31.7 Å². The number of nitriles is 1. The minimum Gasteiger partial charge on any atom is -0.489 e. The Bertz CT molecular complexity index is 963. The fourth-order valence-corrected chi connectivity index (χ4v) is 3.82. The molecule has 2 heterocycles. The lowest BCUT2D eigenvalue weighted by atomic mass is 10.0. The van der Waals surface area contributed by atoms with Crippen molar-refractivity contribution in [2.24, 2.45) is 11.8 Å². The van der Waals surface area contributed by atoms with E-state index in [0.717, 1.165) is 24.0 Å². The third-order valence-electron chi connectivity index (χ3n) is 5.70. The number of aliphatic hydroxyl groups is 1. The first-order valence-electron chi connectivity index (χ1n) is 10.3. The molecule has 0 bridgehead atoms. The lowest BCUT2D eigenvalue weighted by Gasteiger charge is -2.23. The minimum absolute atomic E-state index is 0.0228. The monoisotopic (exact) mass is 407 g/mol. The first kappa shape index (κ1) is 20.3. The van der Waals surface area contributed by atoms with Gasteiger partial charge in [-0.05, 0) is 54.7 Å². The number of aromatic nitrogens is 1. The molecule has 1 amide bonds. The molecule has 1 aromatic carbocycles. The van der Waals surface area contributed by atoms with Crippen LogP contribution >= 0.6 is 0 Å². The molecule has 2 aliphatic rings. The van der Waals surface area contributed by atoms with Crippen LogP contribution in [-0.2, 0) is 9.53 Å². The van der Waals surface area contributed by atoms with Crippen molar-refractivity contribution in [3.63, 3.8) is 0 Å². The van der Waals surface area contributed by atoms with E-state index in [9.17, 15) is 15.2 Å². The van der Waals surface area contributed by atoms with Crippen LogP contribution in [0.3, 0.4) is 0 Å². The molecule has 1 saturated heterocycles. The molecule has 0 spiro atoms. The number of hydrogen-bond acceptors (Lipinski definition) is 6. The number of nitrogens with zero attached hydrogens (tertiary/aromatic N) is 2. The van der Waals surface area contributed by atoms with Gasteiger partial charge in [-0.15, -0.1) is 0 Å². The predicted molar refractivity (Wildman–Crippen MR) is 111 cm³/mol. The number of carbonyl (C=O) groups excluding carboxylic acids is 1. The number of carbonyl (C=O) groups is 1. The molecule has 1 aliphatic carbocycles. The van der Waals surface area contributed by atoms with Gasteiger partial charge in [0, 0.05) is 25.0 Å². The van der Waals surface area contributed by atoms with E-state index in [0.29, 0.717) is 36.8 Å². The normalized spacial score (nSPS) is 22.0. The molecule has 30 heavy (non-hydrogen) atoms. The highest BCUT2D eigenvalue weighted by Gasteiger charge is 2.45. The van der Waals surface area contributed by atoms with Crippen LogP contribution in [0, 0.1) is 23.2 Å². The van der Waals surface area contributed by atoms with Gasteiger partial charge >= 0.3 is 0 Å². The van der Waals surface area contributed by atoms with Crippen molar-refractivity contribution in [3.8, 4) is 22.9 Å². The fourth-order valence-electron chi connectivity index (χ4n) is 3.82. The number of amides is 1. The van der Waals surface area contributed by atoms with Gasteiger partial charge in [0.2, 0.25) is 5.91 Å². The summed E-state index contributed by atoms with van der Waals surface area (Å²) in [4.78, 5) is 16.6. The molecule has 1 saturated carbocycles. The van der Waals surface area contributed by atoms with E-state index in [1.54, 1.807) is 25.3 Å². The van der Waals surface area contributed by atoms with Crippen LogP contribution in [0.15, 0.2) is 36.5 Å². The van der Waals surface area contributed by atoms with E-state index in [1.165, 1.54) is 0 Å². The maximum Gasteiger partial charge on any atom is 0.229 e. The molecule has 4 rings (SSSR count). The topological polar surface area (TPSA) is 104 Å². The highest BCUT2D eigenvalue weighted by atomic mass is 16.5. The van der Waals surface area contributed by atoms with Crippen LogP contribution in [-0.4, -0.2) is 41.4 Å². The average molecular weight is 407 g/mol. The Morgan fingerprint density at radius 3 is 2.77 bits per heavy atom. The summed E-state index contributed by atoms with van der Waals surface area (Å²) in [7, 11) is 0. The van der Waals surface area contributed by atoms with Crippen LogP contribution in [0.5, 0.6) is 5.75 Å². The van der Waals surface area contributed by atoms with Gasteiger partial charge in [0.25, 0.3) is 0 Å². The summed E-state index contributed by atoms with van der Waals surface area (Å²) in [5.41, 5.74) is 2.16. The number of pyridine rings is 1. The van der Waals surface area contributed by atoms with Crippen LogP contribution in [0.4, 0.5) is 5.82 Å². The van der Waals surface area contributed by atoms with Crippen LogP contribution in [0.2, 0.25) is 0 Å². The SMILES string of the molecule is C[C@@H](O)C1C[C@H]1C(=O)Nc1cc(-c2ccc(OC3CCOCC3)c(C#N)c2)ccn1. The van der Waals surface area contributed by atoms with Crippen molar-refractivity contribution in [1.29, 1.82) is 5.26 Å². The van der Waals surface area contributed by atoms with Gasteiger partial charge in [0.05, 0.1) is 24.9 Å². The van der Waals surface area contributed by atoms with Crippen molar-refractivity contribution >= 4 is 11.7 Å². The Morgan fingerprint density at radius 2 is 2.07 bits per heavy atom. The first-order valence-corrected chi connectivity index (χ1v) is 10.3. The molecule has 0 radical (unpaired) electrons. The minimum atomic E-state index is -0.480. The smallest absolute Gasteiger partial charge is 0.229 e. The zero-order valence-electron chi connectivity index (χ0n) is 16.9. The molecule has 3 atom stereocenters. The van der Waals surface area contributed by atoms with E-state index in [1.807, 2.05) is 18.2 Å². The standard InChI is InChI=1S/C23H25N3O4/c1-14(27)19-12-20(19)23(28)26-22-11-16(4-7-25-22)15-2-3-21(17(10-15)13-24)30-18-5-8-29-9-6-18/h2-4,7,10-11,14,18-20,27H,5-6,8-9,12H2,1H3,(H,25,26,28)/t14-,19?,20-/m1/s1. The number of rotatable bonds is 6. The summed E-state index contributed by atoms with van der Waals surface area (Å²) in [5.74, 6) is 0.767. The zero-order chi connectivity index (χ0) is 21.1. The molecule has 156 valence electrons. The predicted octanol–water partition coefficient (Wildman–Crippen LogP) is 3.13. The molecule has 2 aromatic rings. The highest BCUT2D eigenvalue weighted by molar-refractivity contribution is 5.94. The number of hydrogen-bond donors (Lipinski definition) is 2. The maximum atomic E-state index is 12.3. The summed E-state index contributed by atoms with van der Waals surface area (Å²) >= 11 is 0. The highest BCUT2D eigenvalue weighted by Crippen LogP contribution is 2.42. The van der Waals surface area contributed by atoms with Gasteiger partial charge in [-0.2, -0.15) is 5.26 Å². The second kappa shape index (κ2) is 8.82. The molecular weight excluding hydrogens is 382 g/mol.